The van der Waals surface area contributed by atoms with Gasteiger partial charge in [-0.05, 0) is 55.1 Å². The van der Waals surface area contributed by atoms with Crippen LogP contribution in [0.3, 0.4) is 0 Å². The first-order valence-electron chi connectivity index (χ1n) is 11.1. The summed E-state index contributed by atoms with van der Waals surface area (Å²) in [5.41, 5.74) is 1.00. The lowest BCUT2D eigenvalue weighted by atomic mass is 9.91. The molecule has 1 amide bonds. The molecule has 8 heteroatoms. The molecule has 1 saturated carbocycles. The van der Waals surface area contributed by atoms with Gasteiger partial charge >= 0.3 is 6.09 Å². The summed E-state index contributed by atoms with van der Waals surface area (Å²) in [5.74, 6) is 2.48. The summed E-state index contributed by atoms with van der Waals surface area (Å²) < 4.78 is 34.1. The fourth-order valence-corrected chi connectivity index (χ4v) is 5.05. The fraction of sp³-hybridized carbons (Fsp3) is 0.500. The van der Waals surface area contributed by atoms with Crippen molar-refractivity contribution < 1.29 is 22.7 Å². The van der Waals surface area contributed by atoms with E-state index in [1.165, 1.54) is 18.7 Å². The highest BCUT2D eigenvalue weighted by Crippen LogP contribution is 2.49. The van der Waals surface area contributed by atoms with E-state index in [9.17, 15) is 13.2 Å². The number of piperidine rings is 1. The normalized spacial score (nSPS) is 21.2. The molecule has 172 valence electrons. The summed E-state index contributed by atoms with van der Waals surface area (Å²) in [6.45, 7) is 2.41. The van der Waals surface area contributed by atoms with Crippen LogP contribution in [0.5, 0.6) is 5.88 Å². The van der Waals surface area contributed by atoms with E-state index in [0.717, 1.165) is 44.2 Å². The van der Waals surface area contributed by atoms with Gasteiger partial charge in [0.25, 0.3) is 0 Å². The molecule has 1 saturated heterocycles. The third-order valence-corrected chi connectivity index (χ3v) is 7.56. The smallest absolute Gasteiger partial charge is 0.410 e. The largest absolute Gasteiger partial charge is 0.478 e. The van der Waals surface area contributed by atoms with Crippen molar-refractivity contribution in [2.45, 2.75) is 37.2 Å². The summed E-state index contributed by atoms with van der Waals surface area (Å²) in [5, 5.41) is 0. The molecule has 2 heterocycles. The van der Waals surface area contributed by atoms with Gasteiger partial charge in [0, 0.05) is 31.6 Å². The van der Waals surface area contributed by atoms with E-state index in [1.807, 2.05) is 35.2 Å². The van der Waals surface area contributed by atoms with Crippen LogP contribution in [0.1, 0.15) is 31.2 Å². The molecular formula is C24H30N2O5S. The van der Waals surface area contributed by atoms with Crippen molar-refractivity contribution in [2.24, 2.45) is 17.8 Å². The molecule has 7 nitrogen and oxygen atoms in total. The number of aromatic nitrogens is 1. The first-order chi connectivity index (χ1) is 15.4. The van der Waals surface area contributed by atoms with Crippen molar-refractivity contribution in [2.75, 3.05) is 26.0 Å². The molecule has 0 N–H and O–H groups in total. The van der Waals surface area contributed by atoms with Gasteiger partial charge in [0.2, 0.25) is 5.88 Å². The topological polar surface area (TPSA) is 85.8 Å². The molecule has 2 unspecified atom stereocenters. The molecule has 32 heavy (non-hydrogen) atoms. The highest BCUT2D eigenvalue weighted by Gasteiger charge is 2.43. The Morgan fingerprint density at radius 3 is 2.53 bits per heavy atom. The van der Waals surface area contributed by atoms with E-state index in [4.69, 9.17) is 9.47 Å². The van der Waals surface area contributed by atoms with Gasteiger partial charge in [0.15, 0.2) is 9.84 Å². The van der Waals surface area contributed by atoms with Gasteiger partial charge < -0.3 is 14.4 Å². The molecule has 4 rings (SSSR count). The van der Waals surface area contributed by atoms with E-state index in [0.29, 0.717) is 36.8 Å². The zero-order valence-electron chi connectivity index (χ0n) is 18.4. The molecule has 0 radical (unpaired) electrons. The van der Waals surface area contributed by atoms with Gasteiger partial charge in [-0.3, -0.25) is 0 Å². The fourth-order valence-electron chi connectivity index (χ4n) is 4.49. The highest BCUT2D eigenvalue weighted by atomic mass is 32.2. The number of carbonyl (C=O) groups excluding carboxylic acids is 1. The van der Waals surface area contributed by atoms with E-state index >= 15 is 0 Å². The van der Waals surface area contributed by atoms with Crippen LogP contribution in [-0.2, 0) is 21.2 Å². The van der Waals surface area contributed by atoms with Gasteiger partial charge in [-0.2, -0.15) is 0 Å². The van der Waals surface area contributed by atoms with Crippen LogP contribution in [0.2, 0.25) is 0 Å². The second-order valence-corrected chi connectivity index (χ2v) is 10.8. The average molecular weight is 459 g/mol. The second kappa shape index (κ2) is 9.90. The maximum atomic E-state index is 12.3. The van der Waals surface area contributed by atoms with Crippen molar-refractivity contribution in [1.29, 1.82) is 0 Å². The number of ether oxygens (including phenoxy) is 2. The molecule has 0 spiro atoms. The number of likely N-dealkylation sites (tertiary alicyclic amines) is 1. The summed E-state index contributed by atoms with van der Waals surface area (Å²) in [4.78, 5) is 18.4. The Kier molecular flexibility index (Phi) is 6.98. The number of sulfone groups is 1. The lowest BCUT2D eigenvalue weighted by Crippen LogP contribution is -2.39. The zero-order chi connectivity index (χ0) is 22.6. The summed E-state index contributed by atoms with van der Waals surface area (Å²) >= 11 is 0. The van der Waals surface area contributed by atoms with Gasteiger partial charge in [-0.25, -0.2) is 18.2 Å². The molecule has 2 aliphatic rings. The molecule has 1 aromatic heterocycles. The SMILES string of the molecule is CS(=O)(=O)c1ccc(OCCC2CC2C2CCN(C(=O)OCc3ccccc3)CC2)nc1. The number of carbonyl (C=O) groups is 1. The van der Waals surface area contributed by atoms with E-state index in [2.05, 4.69) is 4.98 Å². The van der Waals surface area contributed by atoms with Crippen LogP contribution in [0, 0.1) is 17.8 Å². The predicted octanol–water partition coefficient (Wildman–Crippen LogP) is 3.94. The summed E-state index contributed by atoms with van der Waals surface area (Å²) in [6.07, 6.45) is 6.52. The molecule has 1 aromatic carbocycles. The monoisotopic (exact) mass is 458 g/mol. The standard InChI is InChI=1S/C24H30N2O5S/c1-32(28,29)21-7-8-23(25-16-21)30-14-11-20-15-22(20)19-9-12-26(13-10-19)24(27)31-17-18-5-3-2-4-6-18/h2-8,16,19-20,22H,9-15,17H2,1H3. The Labute approximate surface area is 189 Å². The van der Waals surface area contributed by atoms with Gasteiger partial charge in [0.05, 0.1) is 11.5 Å². The van der Waals surface area contributed by atoms with Crippen molar-refractivity contribution in [1.82, 2.24) is 9.88 Å². The third-order valence-electron chi connectivity index (χ3n) is 6.46. The molecule has 2 aromatic rings. The zero-order valence-corrected chi connectivity index (χ0v) is 19.2. The number of hydrogen-bond acceptors (Lipinski definition) is 6. The molecule has 1 aliphatic heterocycles. The first kappa shape index (κ1) is 22.6. The maximum absolute atomic E-state index is 12.3. The predicted molar refractivity (Wildman–Crippen MR) is 120 cm³/mol. The van der Waals surface area contributed by atoms with Crippen LogP contribution in [-0.4, -0.2) is 50.3 Å². The quantitative estimate of drug-likeness (QED) is 0.596. The highest BCUT2D eigenvalue weighted by molar-refractivity contribution is 7.90. The minimum atomic E-state index is -3.24. The maximum Gasteiger partial charge on any atom is 0.410 e. The lowest BCUT2D eigenvalue weighted by Gasteiger charge is -2.31. The number of amides is 1. The molecule has 1 aliphatic carbocycles. The molecular weight excluding hydrogens is 428 g/mol. The Morgan fingerprint density at radius 1 is 1.12 bits per heavy atom. The number of nitrogens with zero attached hydrogens (tertiary/aromatic N) is 2. The third kappa shape index (κ3) is 6.00. The number of rotatable bonds is 8. The Balaban J connectivity index is 1.13. The van der Waals surface area contributed by atoms with Crippen LogP contribution in [0.4, 0.5) is 4.79 Å². The first-order valence-corrected chi connectivity index (χ1v) is 13.0. The Bertz CT molecular complexity index is 1000. The van der Waals surface area contributed by atoms with Crippen LogP contribution in [0.25, 0.3) is 0 Å². The van der Waals surface area contributed by atoms with Crippen molar-refractivity contribution in [3.05, 3.63) is 54.2 Å². The summed E-state index contributed by atoms with van der Waals surface area (Å²) in [6, 6.07) is 12.9. The molecule has 0 bridgehead atoms. The molecule has 2 atom stereocenters. The van der Waals surface area contributed by atoms with Crippen LogP contribution in [0.15, 0.2) is 53.6 Å². The van der Waals surface area contributed by atoms with E-state index in [1.54, 1.807) is 6.07 Å². The minimum absolute atomic E-state index is 0.197. The Morgan fingerprint density at radius 2 is 1.88 bits per heavy atom. The van der Waals surface area contributed by atoms with Crippen molar-refractivity contribution in [3.63, 3.8) is 0 Å². The van der Waals surface area contributed by atoms with Crippen molar-refractivity contribution in [3.8, 4) is 5.88 Å². The Hall–Kier alpha value is -2.61. The van der Waals surface area contributed by atoms with Crippen molar-refractivity contribution >= 4 is 15.9 Å². The van der Waals surface area contributed by atoms with Crippen LogP contribution >= 0.6 is 0 Å². The number of hydrogen-bond donors (Lipinski definition) is 0. The summed E-state index contributed by atoms with van der Waals surface area (Å²) in [7, 11) is -3.24. The lowest BCUT2D eigenvalue weighted by molar-refractivity contribution is 0.0796. The minimum Gasteiger partial charge on any atom is -0.478 e. The second-order valence-electron chi connectivity index (χ2n) is 8.77. The molecule has 2 fully saturated rings. The van der Waals surface area contributed by atoms with Gasteiger partial charge in [0.1, 0.15) is 6.61 Å². The average Bonchev–Trinajstić information content (AvgIpc) is 3.57. The van der Waals surface area contributed by atoms with Gasteiger partial charge in [-0.15, -0.1) is 0 Å². The van der Waals surface area contributed by atoms with E-state index in [-0.39, 0.29) is 11.0 Å². The number of pyridine rings is 1. The van der Waals surface area contributed by atoms with E-state index < -0.39 is 9.84 Å². The van der Waals surface area contributed by atoms with Gasteiger partial charge in [-0.1, -0.05) is 30.3 Å². The van der Waals surface area contributed by atoms with Crippen LogP contribution < -0.4 is 4.74 Å². The number of benzene rings is 1.